The lowest BCUT2D eigenvalue weighted by molar-refractivity contribution is -0.0399. The van der Waals surface area contributed by atoms with Crippen LogP contribution in [0, 0.1) is 23.7 Å². The molecule has 1 heteroatoms. The molecule has 0 heterocycles. The Balaban J connectivity index is 1.03. The van der Waals surface area contributed by atoms with Crippen LogP contribution in [0.15, 0.2) is 152 Å². The Kier molecular flexibility index (Phi) is 6.91. The predicted molar refractivity (Wildman–Crippen MR) is 237 cm³/mol. The first-order chi connectivity index (χ1) is 28.2. The smallest absolute Gasteiger partial charge is 0.0543 e. The molecule has 0 aliphatic heterocycles. The van der Waals surface area contributed by atoms with Crippen molar-refractivity contribution in [1.29, 1.82) is 0 Å². The third kappa shape index (κ3) is 4.41. The van der Waals surface area contributed by atoms with Crippen LogP contribution in [0.25, 0.3) is 44.2 Å². The highest BCUT2D eigenvalue weighted by molar-refractivity contribution is 5.99. The van der Waals surface area contributed by atoms with Crippen molar-refractivity contribution in [2.75, 3.05) is 4.90 Å². The molecule has 0 aromatic heterocycles. The lowest BCUT2D eigenvalue weighted by Gasteiger charge is -2.61. The quantitative estimate of drug-likeness (QED) is 0.174. The minimum Gasteiger partial charge on any atom is -0.310 e. The van der Waals surface area contributed by atoms with E-state index in [0.29, 0.717) is 0 Å². The number of fused-ring (bicyclic) bond motifs is 9. The Hall–Kier alpha value is -5.40. The molecule has 0 atom stereocenters. The van der Waals surface area contributed by atoms with Gasteiger partial charge in [0.05, 0.1) is 5.69 Å². The molecule has 1 nitrogen and oxygen atoms in total. The van der Waals surface area contributed by atoms with E-state index in [9.17, 15) is 0 Å². The lowest BCUT2D eigenvalue weighted by Crippen LogP contribution is -2.55. The molecule has 0 unspecified atom stereocenters. The van der Waals surface area contributed by atoms with Gasteiger partial charge in [-0.15, -0.1) is 0 Å². The maximum absolute atomic E-state index is 2.63. The molecule has 0 N–H and O–H groups in total. The van der Waals surface area contributed by atoms with Gasteiger partial charge in [0.2, 0.25) is 0 Å². The fourth-order valence-corrected chi connectivity index (χ4v) is 14.3. The van der Waals surface area contributed by atoms with Gasteiger partial charge in [-0.3, -0.25) is 0 Å². The minimum atomic E-state index is 0.128. The average Bonchev–Trinajstić information content (AvgIpc) is 3.70. The molecule has 14 rings (SSSR count). The van der Waals surface area contributed by atoms with Gasteiger partial charge in [0.1, 0.15) is 0 Å². The van der Waals surface area contributed by atoms with Crippen molar-refractivity contribution < 1.29 is 0 Å². The monoisotopic (exact) mass is 735 g/mol. The Morgan fingerprint density at radius 3 is 1.86 bits per heavy atom. The normalized spacial score (nSPS) is 25.4. The van der Waals surface area contributed by atoms with Gasteiger partial charge in [-0.25, -0.2) is 0 Å². The molecular formula is C56H49N. The summed E-state index contributed by atoms with van der Waals surface area (Å²) in [7, 11) is 0. The summed E-state index contributed by atoms with van der Waals surface area (Å²) in [5.74, 6) is 3.33. The van der Waals surface area contributed by atoms with E-state index in [-0.39, 0.29) is 10.8 Å². The SMILES string of the molecule is c1ccc2c(c1)-c1cc(N(c3ccc(-c4cccc5ccccc45)cc3)c3cccc4c3-c3ccccc3C43C4CC5CC(C4)CC3C5)ccc1C21CCCCC1. The molecular weight excluding hydrogens is 687 g/mol. The molecule has 7 aliphatic rings. The number of rotatable bonds is 4. The number of benzene rings is 7. The molecule has 2 spiro atoms. The van der Waals surface area contributed by atoms with Crippen LogP contribution in [-0.2, 0) is 10.8 Å². The van der Waals surface area contributed by atoms with Crippen LogP contribution in [0.3, 0.4) is 0 Å². The second-order valence-electron chi connectivity index (χ2n) is 18.7. The van der Waals surface area contributed by atoms with Gasteiger partial charge in [-0.1, -0.05) is 141 Å². The highest BCUT2D eigenvalue weighted by atomic mass is 15.1. The van der Waals surface area contributed by atoms with E-state index in [4.69, 9.17) is 0 Å². The Labute approximate surface area is 337 Å². The zero-order valence-electron chi connectivity index (χ0n) is 32.8. The van der Waals surface area contributed by atoms with Gasteiger partial charge in [0.25, 0.3) is 0 Å². The second kappa shape index (κ2) is 12.1. The van der Waals surface area contributed by atoms with E-state index in [1.165, 1.54) is 125 Å². The van der Waals surface area contributed by atoms with Crippen molar-refractivity contribution in [2.45, 2.75) is 75.0 Å². The van der Waals surface area contributed by atoms with E-state index < -0.39 is 0 Å². The number of nitrogens with zero attached hydrogens (tertiary/aromatic N) is 1. The van der Waals surface area contributed by atoms with Gasteiger partial charge in [-0.2, -0.15) is 0 Å². The van der Waals surface area contributed by atoms with Crippen molar-refractivity contribution >= 4 is 27.8 Å². The van der Waals surface area contributed by atoms with E-state index in [0.717, 1.165) is 23.7 Å². The van der Waals surface area contributed by atoms with E-state index in [1.807, 2.05) is 0 Å². The molecule has 0 amide bonds. The van der Waals surface area contributed by atoms with Crippen LogP contribution in [-0.4, -0.2) is 0 Å². The van der Waals surface area contributed by atoms with Gasteiger partial charge < -0.3 is 4.90 Å². The molecule has 0 radical (unpaired) electrons. The summed E-state index contributed by atoms with van der Waals surface area (Å²) >= 11 is 0. The summed E-state index contributed by atoms with van der Waals surface area (Å²) in [6.07, 6.45) is 13.6. The average molecular weight is 736 g/mol. The second-order valence-corrected chi connectivity index (χ2v) is 18.7. The fourth-order valence-electron chi connectivity index (χ4n) is 14.3. The topological polar surface area (TPSA) is 3.24 Å². The maximum atomic E-state index is 2.63. The van der Waals surface area contributed by atoms with Crippen molar-refractivity contribution in [1.82, 2.24) is 0 Å². The summed E-state index contributed by atoms with van der Waals surface area (Å²) in [6, 6.07) is 58.9. The molecule has 7 aromatic carbocycles. The fraction of sp³-hybridized carbons (Fsp3) is 0.286. The summed E-state index contributed by atoms with van der Waals surface area (Å²) in [4.78, 5) is 2.63. The van der Waals surface area contributed by atoms with Gasteiger partial charge >= 0.3 is 0 Å². The third-order valence-electron chi connectivity index (χ3n) is 16.2. The molecule has 57 heavy (non-hydrogen) atoms. The van der Waals surface area contributed by atoms with E-state index >= 15 is 0 Å². The number of hydrogen-bond donors (Lipinski definition) is 0. The van der Waals surface area contributed by atoms with Crippen LogP contribution < -0.4 is 4.90 Å². The Morgan fingerprint density at radius 1 is 0.439 bits per heavy atom. The summed E-state index contributed by atoms with van der Waals surface area (Å²) < 4.78 is 0. The molecule has 5 saturated carbocycles. The van der Waals surface area contributed by atoms with Crippen LogP contribution in [0.2, 0.25) is 0 Å². The van der Waals surface area contributed by atoms with Crippen LogP contribution in [0.5, 0.6) is 0 Å². The molecule has 278 valence electrons. The molecule has 5 fully saturated rings. The predicted octanol–water partition coefficient (Wildman–Crippen LogP) is 14.9. The standard InChI is InChI=1S/C56H49N/c1-8-28-55(29-9-1)49-18-6-4-15-46(49)48-35-43(26-27-50(48)55)57(42-24-22-39(23-25-42)45-17-10-13-38-12-2-3-14-44(38)45)53-21-11-20-52-54(53)47-16-5-7-19-51(47)56(52)40-31-36-30-37(33-40)34-41(56)32-36/h2-7,10-27,35-37,40-41H,1,8-9,28-34H2. The van der Waals surface area contributed by atoms with Gasteiger partial charge in [0.15, 0.2) is 0 Å². The van der Waals surface area contributed by atoms with Crippen molar-refractivity contribution in [2.24, 2.45) is 23.7 Å². The summed E-state index contributed by atoms with van der Waals surface area (Å²) in [5.41, 5.74) is 18.8. The lowest BCUT2D eigenvalue weighted by atomic mass is 9.43. The zero-order valence-corrected chi connectivity index (χ0v) is 32.8. The number of anilines is 3. The maximum Gasteiger partial charge on any atom is 0.0543 e. The van der Waals surface area contributed by atoms with Gasteiger partial charge in [0, 0.05) is 27.8 Å². The number of hydrogen-bond acceptors (Lipinski definition) is 1. The van der Waals surface area contributed by atoms with Crippen molar-refractivity contribution in [3.63, 3.8) is 0 Å². The minimum absolute atomic E-state index is 0.128. The molecule has 4 bridgehead atoms. The van der Waals surface area contributed by atoms with Crippen LogP contribution in [0.1, 0.15) is 86.5 Å². The first kappa shape index (κ1) is 32.7. The summed E-state index contributed by atoms with van der Waals surface area (Å²) in [5, 5.41) is 2.59. The van der Waals surface area contributed by atoms with Crippen molar-refractivity contribution in [3.05, 3.63) is 174 Å². The highest BCUT2D eigenvalue weighted by Gasteiger charge is 2.62. The van der Waals surface area contributed by atoms with E-state index in [1.54, 1.807) is 22.3 Å². The van der Waals surface area contributed by atoms with Crippen LogP contribution in [0.4, 0.5) is 17.1 Å². The third-order valence-corrected chi connectivity index (χ3v) is 16.2. The largest absolute Gasteiger partial charge is 0.310 e. The van der Waals surface area contributed by atoms with Gasteiger partial charge in [-0.05, 0) is 160 Å². The van der Waals surface area contributed by atoms with Crippen molar-refractivity contribution in [3.8, 4) is 33.4 Å². The molecule has 7 aliphatic carbocycles. The highest BCUT2D eigenvalue weighted by Crippen LogP contribution is 2.70. The summed E-state index contributed by atoms with van der Waals surface area (Å²) in [6.45, 7) is 0. The molecule has 7 aromatic rings. The zero-order chi connectivity index (χ0) is 37.3. The Bertz CT molecular complexity index is 2710. The first-order valence-corrected chi connectivity index (χ1v) is 22.1. The molecule has 0 saturated heterocycles. The Morgan fingerprint density at radius 2 is 1.05 bits per heavy atom. The van der Waals surface area contributed by atoms with E-state index in [2.05, 4.69) is 157 Å². The first-order valence-electron chi connectivity index (χ1n) is 22.1. The van der Waals surface area contributed by atoms with Crippen LogP contribution >= 0.6 is 0 Å².